The van der Waals surface area contributed by atoms with E-state index < -0.39 is 0 Å². The van der Waals surface area contributed by atoms with Crippen LogP contribution < -0.4 is 5.73 Å². The lowest BCUT2D eigenvalue weighted by Gasteiger charge is -2.06. The van der Waals surface area contributed by atoms with Crippen molar-refractivity contribution in [3.63, 3.8) is 0 Å². The van der Waals surface area contributed by atoms with Crippen molar-refractivity contribution in [3.8, 4) is 5.69 Å². The predicted molar refractivity (Wildman–Crippen MR) is 70.9 cm³/mol. The third-order valence-electron chi connectivity index (χ3n) is 2.61. The molecule has 90 valence electrons. The molecule has 6 heteroatoms. The van der Waals surface area contributed by atoms with Gasteiger partial charge in [0.2, 0.25) is 5.95 Å². The minimum atomic E-state index is -0.388. The van der Waals surface area contributed by atoms with Crippen molar-refractivity contribution in [2.75, 3.05) is 5.73 Å². The first-order valence-corrected chi connectivity index (χ1v) is 5.99. The summed E-state index contributed by atoms with van der Waals surface area (Å²) in [4.78, 5) is 8.11. The van der Waals surface area contributed by atoms with Gasteiger partial charge in [-0.15, -0.1) is 0 Å². The highest BCUT2D eigenvalue weighted by molar-refractivity contribution is 9.10. The molecular formula is C12H8BrFN4. The summed E-state index contributed by atoms with van der Waals surface area (Å²) >= 11 is 3.34. The number of hydrogen-bond donors (Lipinski definition) is 1. The maximum atomic E-state index is 13.6. The number of nitrogen functional groups attached to an aromatic ring is 1. The Morgan fingerprint density at radius 2 is 2.11 bits per heavy atom. The summed E-state index contributed by atoms with van der Waals surface area (Å²) in [7, 11) is 0. The fourth-order valence-electron chi connectivity index (χ4n) is 1.88. The number of imidazole rings is 1. The van der Waals surface area contributed by atoms with E-state index in [1.165, 1.54) is 6.07 Å². The smallest absolute Gasteiger partial charge is 0.206 e. The monoisotopic (exact) mass is 306 g/mol. The SMILES string of the molecule is Nc1nc2c(F)cccc2n1-c1cncc(Br)c1. The standard InChI is InChI=1S/C12H8BrFN4/c13-7-4-8(6-16-5-7)18-10-3-1-2-9(14)11(10)17-12(18)15/h1-6H,(H2,15,17). The van der Waals surface area contributed by atoms with E-state index in [1.54, 1.807) is 29.1 Å². The van der Waals surface area contributed by atoms with Gasteiger partial charge in [-0.25, -0.2) is 9.37 Å². The number of nitrogens with zero attached hydrogens (tertiary/aromatic N) is 3. The van der Waals surface area contributed by atoms with Crippen LogP contribution in [0.1, 0.15) is 0 Å². The zero-order chi connectivity index (χ0) is 12.7. The van der Waals surface area contributed by atoms with E-state index in [2.05, 4.69) is 25.9 Å². The molecule has 0 saturated heterocycles. The van der Waals surface area contributed by atoms with Crippen molar-refractivity contribution in [2.24, 2.45) is 0 Å². The third-order valence-corrected chi connectivity index (χ3v) is 3.04. The predicted octanol–water partition coefficient (Wildman–Crippen LogP) is 2.90. The topological polar surface area (TPSA) is 56.7 Å². The fraction of sp³-hybridized carbons (Fsp3) is 0. The molecule has 3 aromatic rings. The molecule has 0 radical (unpaired) electrons. The van der Waals surface area contributed by atoms with E-state index in [9.17, 15) is 4.39 Å². The largest absolute Gasteiger partial charge is 0.369 e. The second-order valence-corrected chi connectivity index (χ2v) is 4.69. The van der Waals surface area contributed by atoms with E-state index in [4.69, 9.17) is 5.73 Å². The van der Waals surface area contributed by atoms with Gasteiger partial charge in [0.25, 0.3) is 0 Å². The molecule has 0 atom stereocenters. The summed E-state index contributed by atoms with van der Waals surface area (Å²) in [6.07, 6.45) is 3.31. The van der Waals surface area contributed by atoms with Crippen LogP contribution in [-0.4, -0.2) is 14.5 Å². The second-order valence-electron chi connectivity index (χ2n) is 3.77. The lowest BCUT2D eigenvalue weighted by Crippen LogP contribution is -2.00. The van der Waals surface area contributed by atoms with E-state index in [-0.39, 0.29) is 17.3 Å². The van der Waals surface area contributed by atoms with Gasteiger partial charge in [0.1, 0.15) is 5.52 Å². The Bertz CT molecular complexity index is 738. The first kappa shape index (κ1) is 11.2. The summed E-state index contributed by atoms with van der Waals surface area (Å²) in [6.45, 7) is 0. The van der Waals surface area contributed by atoms with E-state index in [1.807, 2.05) is 6.07 Å². The van der Waals surface area contributed by atoms with Crippen molar-refractivity contribution in [1.29, 1.82) is 0 Å². The fourth-order valence-corrected chi connectivity index (χ4v) is 2.23. The molecule has 2 heterocycles. The van der Waals surface area contributed by atoms with Crippen LogP contribution in [0.25, 0.3) is 16.7 Å². The summed E-state index contributed by atoms with van der Waals surface area (Å²) < 4.78 is 16.1. The molecular weight excluding hydrogens is 299 g/mol. The highest BCUT2D eigenvalue weighted by atomic mass is 79.9. The van der Waals surface area contributed by atoms with Crippen LogP contribution in [0, 0.1) is 5.82 Å². The van der Waals surface area contributed by atoms with E-state index >= 15 is 0 Å². The molecule has 0 fully saturated rings. The molecule has 0 saturated carbocycles. The van der Waals surface area contributed by atoms with Crippen LogP contribution in [-0.2, 0) is 0 Å². The minimum Gasteiger partial charge on any atom is -0.369 e. The van der Waals surface area contributed by atoms with Crippen molar-refractivity contribution in [2.45, 2.75) is 0 Å². The van der Waals surface area contributed by atoms with Gasteiger partial charge in [-0.2, -0.15) is 0 Å². The summed E-state index contributed by atoms with van der Waals surface area (Å²) in [6, 6.07) is 6.59. The summed E-state index contributed by atoms with van der Waals surface area (Å²) in [5, 5.41) is 0. The highest BCUT2D eigenvalue weighted by Crippen LogP contribution is 2.25. The van der Waals surface area contributed by atoms with Crippen LogP contribution >= 0.6 is 15.9 Å². The van der Waals surface area contributed by atoms with Gasteiger partial charge in [-0.05, 0) is 34.1 Å². The lowest BCUT2D eigenvalue weighted by molar-refractivity contribution is 0.637. The van der Waals surface area contributed by atoms with Gasteiger partial charge >= 0.3 is 0 Å². The molecule has 0 unspecified atom stereocenters. The van der Waals surface area contributed by atoms with Gasteiger partial charge in [0.05, 0.1) is 17.4 Å². The number of pyridine rings is 1. The first-order chi connectivity index (χ1) is 8.66. The first-order valence-electron chi connectivity index (χ1n) is 5.20. The number of para-hydroxylation sites is 1. The third kappa shape index (κ3) is 1.65. The van der Waals surface area contributed by atoms with Crippen LogP contribution in [0.4, 0.5) is 10.3 Å². The van der Waals surface area contributed by atoms with Crippen molar-refractivity contribution < 1.29 is 4.39 Å². The Morgan fingerprint density at radius 3 is 2.89 bits per heavy atom. The number of nitrogens with two attached hydrogens (primary N) is 1. The van der Waals surface area contributed by atoms with Crippen molar-refractivity contribution in [3.05, 3.63) is 46.9 Å². The molecule has 0 aliphatic rings. The average molecular weight is 307 g/mol. The number of halogens is 2. The molecule has 18 heavy (non-hydrogen) atoms. The zero-order valence-corrected chi connectivity index (χ0v) is 10.7. The van der Waals surface area contributed by atoms with Crippen LogP contribution in [0.15, 0.2) is 41.1 Å². The molecule has 2 aromatic heterocycles. The number of hydrogen-bond acceptors (Lipinski definition) is 3. The van der Waals surface area contributed by atoms with Gasteiger partial charge in [0, 0.05) is 10.7 Å². The molecule has 0 bridgehead atoms. The van der Waals surface area contributed by atoms with Crippen LogP contribution in [0.3, 0.4) is 0 Å². The van der Waals surface area contributed by atoms with Crippen molar-refractivity contribution >= 4 is 32.9 Å². The Balaban J connectivity index is 2.36. The van der Waals surface area contributed by atoms with Gasteiger partial charge in [-0.3, -0.25) is 9.55 Å². The average Bonchev–Trinajstić information content (AvgIpc) is 2.67. The van der Waals surface area contributed by atoms with Crippen LogP contribution in [0.2, 0.25) is 0 Å². The van der Waals surface area contributed by atoms with Crippen LogP contribution in [0.5, 0.6) is 0 Å². The Kier molecular flexibility index (Phi) is 2.52. The Hall–Kier alpha value is -1.95. The quantitative estimate of drug-likeness (QED) is 0.752. The van der Waals surface area contributed by atoms with E-state index in [0.29, 0.717) is 5.52 Å². The molecule has 0 aliphatic carbocycles. The molecule has 0 aliphatic heterocycles. The Labute approximate surface area is 110 Å². The molecule has 2 N–H and O–H groups in total. The van der Waals surface area contributed by atoms with Gasteiger partial charge in [-0.1, -0.05) is 6.07 Å². The molecule has 3 rings (SSSR count). The van der Waals surface area contributed by atoms with E-state index in [0.717, 1.165) is 10.2 Å². The number of fused-ring (bicyclic) bond motifs is 1. The van der Waals surface area contributed by atoms with Gasteiger partial charge in [0.15, 0.2) is 5.82 Å². The number of aromatic nitrogens is 3. The summed E-state index contributed by atoms with van der Waals surface area (Å²) in [5.41, 5.74) is 7.46. The molecule has 0 amide bonds. The number of benzene rings is 1. The molecule has 0 spiro atoms. The molecule has 4 nitrogen and oxygen atoms in total. The van der Waals surface area contributed by atoms with Crippen molar-refractivity contribution in [1.82, 2.24) is 14.5 Å². The lowest BCUT2D eigenvalue weighted by atomic mass is 10.3. The highest BCUT2D eigenvalue weighted by Gasteiger charge is 2.13. The minimum absolute atomic E-state index is 0.231. The second kappa shape index (κ2) is 4.06. The van der Waals surface area contributed by atoms with Gasteiger partial charge < -0.3 is 5.73 Å². The summed E-state index contributed by atoms with van der Waals surface area (Å²) in [5.74, 6) is -0.157. The number of anilines is 1. The Morgan fingerprint density at radius 1 is 1.28 bits per heavy atom. The zero-order valence-electron chi connectivity index (χ0n) is 9.14. The number of rotatable bonds is 1. The maximum absolute atomic E-state index is 13.6. The maximum Gasteiger partial charge on any atom is 0.206 e. The molecule has 1 aromatic carbocycles. The normalized spacial score (nSPS) is 11.0.